The van der Waals surface area contributed by atoms with Crippen molar-refractivity contribution in [2.75, 3.05) is 5.32 Å². The maximum absolute atomic E-state index is 13.4. The van der Waals surface area contributed by atoms with Crippen molar-refractivity contribution >= 4 is 28.3 Å². The van der Waals surface area contributed by atoms with E-state index in [9.17, 15) is 4.39 Å². The molecule has 2 N–H and O–H groups in total. The van der Waals surface area contributed by atoms with Gasteiger partial charge in [-0.05, 0) is 24.1 Å². The van der Waals surface area contributed by atoms with Crippen LogP contribution in [-0.2, 0) is 6.42 Å². The van der Waals surface area contributed by atoms with E-state index in [4.69, 9.17) is 0 Å². The molecule has 0 amide bonds. The maximum atomic E-state index is 13.4. The van der Waals surface area contributed by atoms with Gasteiger partial charge < -0.3 is 10.3 Å². The molecule has 4 aromatic heterocycles. The molecule has 126 valence electrons. The Labute approximate surface area is 147 Å². The van der Waals surface area contributed by atoms with E-state index in [-0.39, 0.29) is 11.9 Å². The number of nitrogens with zero attached hydrogens (tertiary/aromatic N) is 4. The van der Waals surface area contributed by atoms with Crippen LogP contribution < -0.4 is 5.32 Å². The third-order valence-electron chi connectivity index (χ3n) is 3.85. The molecule has 0 aliphatic heterocycles. The van der Waals surface area contributed by atoms with Gasteiger partial charge >= 0.3 is 0 Å². The van der Waals surface area contributed by atoms with Gasteiger partial charge in [0, 0.05) is 42.0 Å². The molecule has 4 aromatic rings. The lowest BCUT2D eigenvalue weighted by molar-refractivity contribution is 0.624. The molecular formula is C17H15FN6S. The van der Waals surface area contributed by atoms with Crippen LogP contribution in [0.2, 0.25) is 0 Å². The number of hydrogen-bond acceptors (Lipinski definition) is 6. The summed E-state index contributed by atoms with van der Waals surface area (Å²) in [5, 5.41) is 6.93. The van der Waals surface area contributed by atoms with Crippen molar-refractivity contribution in [1.82, 2.24) is 24.9 Å². The minimum absolute atomic E-state index is 0.0496. The van der Waals surface area contributed by atoms with Crippen molar-refractivity contribution in [2.45, 2.75) is 19.4 Å². The lowest BCUT2D eigenvalue weighted by Gasteiger charge is -2.11. The first-order valence-electron chi connectivity index (χ1n) is 7.77. The topological polar surface area (TPSA) is 79.4 Å². The lowest BCUT2D eigenvalue weighted by atomic mass is 10.1. The highest BCUT2D eigenvalue weighted by molar-refractivity contribution is 7.09. The van der Waals surface area contributed by atoms with E-state index in [1.807, 2.05) is 18.5 Å². The number of thiazole rings is 1. The zero-order valence-electron chi connectivity index (χ0n) is 13.4. The van der Waals surface area contributed by atoms with E-state index in [2.05, 4.69) is 30.2 Å². The zero-order valence-corrected chi connectivity index (χ0v) is 14.2. The smallest absolute Gasteiger partial charge is 0.223 e. The van der Waals surface area contributed by atoms with Crippen LogP contribution in [0.25, 0.3) is 11.0 Å². The number of aromatic nitrogens is 5. The van der Waals surface area contributed by atoms with E-state index in [0.717, 1.165) is 21.5 Å². The van der Waals surface area contributed by atoms with Gasteiger partial charge in [0.2, 0.25) is 5.95 Å². The largest absolute Gasteiger partial charge is 0.346 e. The third kappa shape index (κ3) is 3.34. The molecule has 0 spiro atoms. The average Bonchev–Trinajstić information content (AvgIpc) is 3.27. The average molecular weight is 354 g/mol. The summed E-state index contributed by atoms with van der Waals surface area (Å²) in [6, 6.07) is 1.54. The van der Waals surface area contributed by atoms with Gasteiger partial charge in [0.25, 0.3) is 0 Å². The molecule has 4 heterocycles. The SMILES string of the molecule is CC(Nc1ncc(Cc2c[nH]c3ncc(F)cc23)cn1)c1nccs1. The standard InChI is InChI=1S/C17H15FN6S/c1-10(16-19-2-3-25-16)24-17-22-6-11(7-23-17)4-12-8-20-15-14(12)5-13(18)9-21-15/h2-3,5-10H,4H2,1H3,(H,20,21)(H,22,23,24). The fourth-order valence-electron chi connectivity index (χ4n) is 2.62. The molecule has 0 bridgehead atoms. The monoisotopic (exact) mass is 354 g/mol. The fourth-order valence-corrected chi connectivity index (χ4v) is 3.27. The second kappa shape index (κ2) is 6.56. The van der Waals surface area contributed by atoms with Crippen LogP contribution in [0.4, 0.5) is 10.3 Å². The minimum Gasteiger partial charge on any atom is -0.346 e. The number of H-pyrrole nitrogens is 1. The van der Waals surface area contributed by atoms with Crippen LogP contribution >= 0.6 is 11.3 Å². The van der Waals surface area contributed by atoms with Gasteiger partial charge in [-0.15, -0.1) is 11.3 Å². The number of nitrogens with one attached hydrogen (secondary N) is 2. The molecule has 0 aromatic carbocycles. The summed E-state index contributed by atoms with van der Waals surface area (Å²) in [6.07, 6.45) is 8.98. The summed E-state index contributed by atoms with van der Waals surface area (Å²) in [7, 11) is 0. The fraction of sp³-hybridized carbons (Fsp3) is 0.176. The second-order valence-corrected chi connectivity index (χ2v) is 6.62. The van der Waals surface area contributed by atoms with Crippen molar-refractivity contribution in [2.24, 2.45) is 0 Å². The first-order valence-corrected chi connectivity index (χ1v) is 8.65. The van der Waals surface area contributed by atoms with Crippen molar-refractivity contribution < 1.29 is 4.39 Å². The Kier molecular flexibility index (Phi) is 4.10. The van der Waals surface area contributed by atoms with Gasteiger partial charge in [-0.3, -0.25) is 0 Å². The molecule has 6 nitrogen and oxygen atoms in total. The summed E-state index contributed by atoms with van der Waals surface area (Å²) in [6.45, 7) is 2.02. The van der Waals surface area contributed by atoms with E-state index >= 15 is 0 Å². The zero-order chi connectivity index (χ0) is 17.2. The van der Waals surface area contributed by atoms with Gasteiger partial charge in [-0.25, -0.2) is 24.3 Å². The molecule has 0 aliphatic carbocycles. The van der Waals surface area contributed by atoms with Gasteiger partial charge in [0.15, 0.2) is 0 Å². The first kappa shape index (κ1) is 15.6. The Morgan fingerprint density at radius 3 is 2.80 bits per heavy atom. The van der Waals surface area contributed by atoms with E-state index in [1.54, 1.807) is 29.9 Å². The molecule has 0 saturated heterocycles. The highest BCUT2D eigenvalue weighted by Gasteiger charge is 2.10. The molecule has 25 heavy (non-hydrogen) atoms. The molecule has 0 saturated carbocycles. The van der Waals surface area contributed by atoms with Gasteiger partial charge in [-0.2, -0.15) is 0 Å². The number of aromatic amines is 1. The van der Waals surface area contributed by atoms with Crippen LogP contribution in [0.1, 0.15) is 29.1 Å². The maximum Gasteiger partial charge on any atom is 0.223 e. The molecule has 1 atom stereocenters. The van der Waals surface area contributed by atoms with Crippen LogP contribution in [0.5, 0.6) is 0 Å². The van der Waals surface area contributed by atoms with Crippen molar-refractivity contribution in [3.63, 3.8) is 0 Å². The third-order valence-corrected chi connectivity index (χ3v) is 4.81. The highest BCUT2D eigenvalue weighted by atomic mass is 32.1. The normalized spacial score (nSPS) is 12.4. The number of fused-ring (bicyclic) bond motifs is 1. The Morgan fingerprint density at radius 2 is 2.04 bits per heavy atom. The van der Waals surface area contributed by atoms with Crippen molar-refractivity contribution in [1.29, 1.82) is 0 Å². The Hall–Kier alpha value is -2.87. The molecule has 1 unspecified atom stereocenters. The minimum atomic E-state index is -0.347. The van der Waals surface area contributed by atoms with Gasteiger partial charge in [0.05, 0.1) is 12.2 Å². The van der Waals surface area contributed by atoms with E-state index < -0.39 is 0 Å². The number of pyridine rings is 1. The van der Waals surface area contributed by atoms with Crippen molar-refractivity contribution in [3.05, 3.63) is 64.4 Å². The first-order chi connectivity index (χ1) is 12.2. The summed E-state index contributed by atoms with van der Waals surface area (Å²) < 4.78 is 13.4. The number of anilines is 1. The Balaban J connectivity index is 1.49. The van der Waals surface area contributed by atoms with E-state index in [1.165, 1.54) is 12.3 Å². The molecule has 0 radical (unpaired) electrons. The molecule has 0 aliphatic rings. The molecular weight excluding hydrogens is 339 g/mol. The number of rotatable bonds is 5. The van der Waals surface area contributed by atoms with Crippen LogP contribution in [0.3, 0.4) is 0 Å². The Morgan fingerprint density at radius 1 is 1.20 bits per heavy atom. The summed E-state index contributed by atoms with van der Waals surface area (Å²) in [4.78, 5) is 20.1. The van der Waals surface area contributed by atoms with Gasteiger partial charge in [0.1, 0.15) is 16.5 Å². The second-order valence-electron chi connectivity index (χ2n) is 5.69. The van der Waals surface area contributed by atoms with Crippen LogP contribution in [-0.4, -0.2) is 24.9 Å². The summed E-state index contributed by atoms with van der Waals surface area (Å²) >= 11 is 1.59. The Bertz CT molecular complexity index is 980. The predicted molar refractivity (Wildman–Crippen MR) is 95.0 cm³/mol. The quantitative estimate of drug-likeness (QED) is 0.571. The lowest BCUT2D eigenvalue weighted by Crippen LogP contribution is -2.09. The molecule has 4 rings (SSSR count). The highest BCUT2D eigenvalue weighted by Crippen LogP contribution is 2.21. The number of halogens is 1. The van der Waals surface area contributed by atoms with Crippen molar-refractivity contribution in [3.8, 4) is 0 Å². The van der Waals surface area contributed by atoms with Gasteiger partial charge in [-0.1, -0.05) is 0 Å². The van der Waals surface area contributed by atoms with Crippen LogP contribution in [0.15, 0.2) is 42.4 Å². The summed E-state index contributed by atoms with van der Waals surface area (Å²) in [5.74, 6) is 0.207. The predicted octanol–water partition coefficient (Wildman–Crippen LogP) is 3.71. The number of hydrogen-bond donors (Lipinski definition) is 2. The summed E-state index contributed by atoms with van der Waals surface area (Å²) in [5.41, 5.74) is 2.58. The molecule has 0 fully saturated rings. The van der Waals surface area contributed by atoms with E-state index in [0.29, 0.717) is 18.0 Å². The van der Waals surface area contributed by atoms with Crippen LogP contribution in [0, 0.1) is 5.82 Å². The molecule has 8 heteroatoms.